The summed E-state index contributed by atoms with van der Waals surface area (Å²) < 4.78 is 37.0. The molecule has 0 radical (unpaired) electrons. The van der Waals surface area contributed by atoms with Crippen LogP contribution in [0.1, 0.15) is 57.1 Å². The van der Waals surface area contributed by atoms with E-state index in [9.17, 15) is 17.6 Å². The molecule has 8 heteroatoms. The van der Waals surface area contributed by atoms with Crippen molar-refractivity contribution in [1.82, 2.24) is 5.32 Å². The van der Waals surface area contributed by atoms with Gasteiger partial charge < -0.3 is 11.1 Å². The Labute approximate surface area is 161 Å². The Bertz CT molecular complexity index is 734. The third-order valence-corrected chi connectivity index (χ3v) is 6.25. The van der Waals surface area contributed by atoms with Crippen LogP contribution < -0.4 is 11.1 Å². The topological polar surface area (TPSA) is 89.3 Å². The summed E-state index contributed by atoms with van der Waals surface area (Å²) in [5.41, 5.74) is 6.32. The minimum absolute atomic E-state index is 0. The monoisotopic (exact) mass is 406 g/mol. The van der Waals surface area contributed by atoms with Gasteiger partial charge in [-0.2, -0.15) is 0 Å². The summed E-state index contributed by atoms with van der Waals surface area (Å²) >= 11 is 0. The molecule has 1 aromatic rings. The second-order valence-corrected chi connectivity index (χ2v) is 9.18. The predicted octanol–water partition coefficient (Wildman–Crippen LogP) is 3.13. The van der Waals surface area contributed by atoms with Crippen LogP contribution in [0.2, 0.25) is 0 Å². The number of hydrogen-bond donors (Lipinski definition) is 2. The average Bonchev–Trinajstić information content (AvgIpc) is 2.54. The van der Waals surface area contributed by atoms with E-state index in [1.54, 1.807) is 6.92 Å². The smallest absolute Gasteiger partial charge is 0.221 e. The van der Waals surface area contributed by atoms with Crippen molar-refractivity contribution >= 4 is 28.2 Å². The van der Waals surface area contributed by atoms with E-state index in [4.69, 9.17) is 5.73 Å². The van der Waals surface area contributed by atoms with E-state index in [0.29, 0.717) is 18.5 Å². The molecule has 0 spiro atoms. The van der Waals surface area contributed by atoms with Crippen molar-refractivity contribution in [2.45, 2.75) is 56.4 Å². The molecule has 1 saturated carbocycles. The molecule has 0 bridgehead atoms. The lowest BCUT2D eigenvalue weighted by molar-refractivity contribution is -0.124. The first-order valence-corrected chi connectivity index (χ1v) is 10.5. The molecule has 1 amide bonds. The second kappa shape index (κ2) is 9.15. The molecule has 1 fully saturated rings. The Morgan fingerprint density at radius 2 is 1.92 bits per heavy atom. The number of nitrogens with two attached hydrogens (primary N) is 1. The minimum atomic E-state index is -3.61. The Morgan fingerprint density at radius 3 is 2.42 bits per heavy atom. The molecule has 1 aromatic carbocycles. The molecule has 0 saturated heterocycles. The predicted molar refractivity (Wildman–Crippen MR) is 103 cm³/mol. The molecule has 26 heavy (non-hydrogen) atoms. The fraction of sp³-hybridized carbons (Fsp3) is 0.611. The van der Waals surface area contributed by atoms with Gasteiger partial charge in [0.05, 0.1) is 6.04 Å². The fourth-order valence-corrected chi connectivity index (χ4v) is 4.29. The standard InChI is InChI=1S/C18H27FN2O3S.ClH/c1-13(14-6-7-16(15(19)10-14)25(2,23)24)21-17(22)11-18(12-20)8-4-3-5-9-18;/h6-7,10,13H,3-5,8-9,11-12,20H2,1-2H3,(H,21,22);1H. The maximum absolute atomic E-state index is 14.0. The highest BCUT2D eigenvalue weighted by Gasteiger charge is 2.33. The molecule has 5 nitrogen and oxygen atoms in total. The van der Waals surface area contributed by atoms with Gasteiger partial charge in [-0.15, -0.1) is 12.4 Å². The lowest BCUT2D eigenvalue weighted by Crippen LogP contribution is -2.39. The van der Waals surface area contributed by atoms with Crippen LogP contribution in [0.4, 0.5) is 4.39 Å². The maximum Gasteiger partial charge on any atom is 0.221 e. The van der Waals surface area contributed by atoms with E-state index in [-0.39, 0.29) is 28.6 Å². The van der Waals surface area contributed by atoms with E-state index in [0.717, 1.165) is 31.9 Å². The SMILES string of the molecule is CC(NC(=O)CC1(CN)CCCCC1)c1ccc(S(C)(=O)=O)c(F)c1.Cl. The van der Waals surface area contributed by atoms with Crippen LogP contribution in [0.15, 0.2) is 23.1 Å². The van der Waals surface area contributed by atoms with Crippen molar-refractivity contribution in [1.29, 1.82) is 0 Å². The number of benzene rings is 1. The zero-order valence-electron chi connectivity index (χ0n) is 15.3. The summed E-state index contributed by atoms with van der Waals surface area (Å²) in [5, 5.41) is 2.88. The molecule has 0 heterocycles. The van der Waals surface area contributed by atoms with Gasteiger partial charge in [0, 0.05) is 12.7 Å². The lowest BCUT2D eigenvalue weighted by Gasteiger charge is -2.36. The zero-order chi connectivity index (χ0) is 18.7. The maximum atomic E-state index is 14.0. The van der Waals surface area contributed by atoms with Gasteiger partial charge in [-0.25, -0.2) is 12.8 Å². The Hall–Kier alpha value is -1.18. The van der Waals surface area contributed by atoms with Gasteiger partial charge >= 0.3 is 0 Å². The second-order valence-electron chi connectivity index (χ2n) is 7.19. The molecule has 1 aliphatic rings. The van der Waals surface area contributed by atoms with Crippen LogP contribution in [0.3, 0.4) is 0 Å². The van der Waals surface area contributed by atoms with Crippen LogP contribution in [-0.2, 0) is 14.6 Å². The highest BCUT2D eigenvalue weighted by atomic mass is 35.5. The van der Waals surface area contributed by atoms with Gasteiger partial charge in [0.1, 0.15) is 10.7 Å². The van der Waals surface area contributed by atoms with Gasteiger partial charge in [-0.3, -0.25) is 4.79 Å². The summed E-state index contributed by atoms with van der Waals surface area (Å²) in [6, 6.07) is 3.53. The number of halogens is 2. The van der Waals surface area contributed by atoms with Crippen LogP contribution in [0, 0.1) is 11.2 Å². The first kappa shape index (κ1) is 22.9. The number of amides is 1. The molecule has 0 aliphatic heterocycles. The summed E-state index contributed by atoms with van der Waals surface area (Å²) in [5.74, 6) is -0.903. The molecular weight excluding hydrogens is 379 g/mol. The average molecular weight is 407 g/mol. The number of rotatable bonds is 6. The van der Waals surface area contributed by atoms with E-state index >= 15 is 0 Å². The first-order chi connectivity index (χ1) is 11.7. The van der Waals surface area contributed by atoms with Crippen molar-refractivity contribution in [2.75, 3.05) is 12.8 Å². The van der Waals surface area contributed by atoms with Crippen molar-refractivity contribution in [2.24, 2.45) is 11.1 Å². The molecule has 3 N–H and O–H groups in total. The third-order valence-electron chi connectivity index (χ3n) is 5.12. The van der Waals surface area contributed by atoms with Crippen molar-refractivity contribution < 1.29 is 17.6 Å². The van der Waals surface area contributed by atoms with Gasteiger partial charge in [-0.1, -0.05) is 25.3 Å². The van der Waals surface area contributed by atoms with Gasteiger partial charge in [0.25, 0.3) is 0 Å². The van der Waals surface area contributed by atoms with Crippen LogP contribution >= 0.6 is 12.4 Å². The number of sulfone groups is 1. The van der Waals surface area contributed by atoms with Gasteiger partial charge in [-0.05, 0) is 49.4 Å². The van der Waals surface area contributed by atoms with Crippen LogP contribution in [-0.4, -0.2) is 27.1 Å². The summed E-state index contributed by atoms with van der Waals surface area (Å²) in [7, 11) is -3.61. The van der Waals surface area contributed by atoms with Crippen molar-refractivity contribution in [3.8, 4) is 0 Å². The number of carbonyl (C=O) groups is 1. The van der Waals surface area contributed by atoms with E-state index in [1.165, 1.54) is 24.6 Å². The highest BCUT2D eigenvalue weighted by Crippen LogP contribution is 2.38. The summed E-state index contributed by atoms with van der Waals surface area (Å²) in [4.78, 5) is 12.1. The van der Waals surface area contributed by atoms with E-state index in [2.05, 4.69) is 5.32 Å². The van der Waals surface area contributed by atoms with Gasteiger partial charge in [0.2, 0.25) is 5.91 Å². The first-order valence-electron chi connectivity index (χ1n) is 8.66. The van der Waals surface area contributed by atoms with Gasteiger partial charge in [0.15, 0.2) is 9.84 Å². The molecule has 148 valence electrons. The molecule has 2 rings (SSSR count). The number of hydrogen-bond acceptors (Lipinski definition) is 4. The van der Waals surface area contributed by atoms with Crippen LogP contribution in [0.5, 0.6) is 0 Å². The lowest BCUT2D eigenvalue weighted by atomic mass is 9.71. The molecule has 1 unspecified atom stereocenters. The Kier molecular flexibility index (Phi) is 8.04. The molecule has 1 atom stereocenters. The highest BCUT2D eigenvalue weighted by molar-refractivity contribution is 7.90. The Balaban J connectivity index is 0.00000338. The zero-order valence-corrected chi connectivity index (χ0v) is 16.9. The van der Waals surface area contributed by atoms with E-state index < -0.39 is 21.7 Å². The van der Waals surface area contributed by atoms with Crippen molar-refractivity contribution in [3.05, 3.63) is 29.6 Å². The number of carbonyl (C=O) groups excluding carboxylic acids is 1. The fourth-order valence-electron chi connectivity index (χ4n) is 3.56. The van der Waals surface area contributed by atoms with Crippen molar-refractivity contribution in [3.63, 3.8) is 0 Å². The summed E-state index contributed by atoms with van der Waals surface area (Å²) in [6.07, 6.45) is 6.64. The third kappa shape index (κ3) is 5.66. The van der Waals surface area contributed by atoms with Crippen LogP contribution in [0.25, 0.3) is 0 Å². The normalized spacial score (nSPS) is 17.8. The molecule has 0 aromatic heterocycles. The Morgan fingerprint density at radius 1 is 1.31 bits per heavy atom. The number of nitrogens with one attached hydrogen (secondary N) is 1. The largest absolute Gasteiger partial charge is 0.350 e. The van der Waals surface area contributed by atoms with E-state index in [1.807, 2.05) is 0 Å². The minimum Gasteiger partial charge on any atom is -0.350 e. The quantitative estimate of drug-likeness (QED) is 0.759. The molecular formula is C18H28ClFN2O3S. The molecule has 1 aliphatic carbocycles. The summed E-state index contributed by atoms with van der Waals surface area (Å²) in [6.45, 7) is 2.25.